The third kappa shape index (κ3) is 5.85. The van der Waals surface area contributed by atoms with Crippen molar-refractivity contribution in [2.75, 3.05) is 33.2 Å². The van der Waals surface area contributed by atoms with Crippen LogP contribution in [0.15, 0.2) is 47.4 Å². The van der Waals surface area contributed by atoms with Crippen molar-refractivity contribution in [1.29, 1.82) is 0 Å². The van der Waals surface area contributed by atoms with Gasteiger partial charge in [0, 0.05) is 35.8 Å². The van der Waals surface area contributed by atoms with Crippen LogP contribution in [-0.2, 0) is 30.5 Å². The third-order valence-corrected chi connectivity index (χ3v) is 5.10. The summed E-state index contributed by atoms with van der Waals surface area (Å²) in [5.41, 5.74) is 2.43. The number of nitrogens with zero attached hydrogens (tertiary/aromatic N) is 1. The van der Waals surface area contributed by atoms with Gasteiger partial charge in [0.2, 0.25) is 5.92 Å². The number of benzene rings is 2. The van der Waals surface area contributed by atoms with Gasteiger partial charge in [0.25, 0.3) is 0 Å². The van der Waals surface area contributed by atoms with Crippen LogP contribution >= 0.6 is 11.8 Å². The molecular weight excluding hydrogens is 422 g/mol. The molecule has 0 atom stereocenters. The van der Waals surface area contributed by atoms with Gasteiger partial charge in [-0.2, -0.15) is 0 Å². The highest BCUT2D eigenvalue weighted by Crippen LogP contribution is 2.29. The van der Waals surface area contributed by atoms with Crippen LogP contribution in [0.4, 0.5) is 5.69 Å². The summed E-state index contributed by atoms with van der Waals surface area (Å²) in [6.45, 7) is 0.222. The van der Waals surface area contributed by atoms with Crippen LogP contribution in [0.25, 0.3) is 0 Å². The number of hydrogen-bond acceptors (Lipinski definition) is 9. The molecule has 2 rings (SSSR count). The van der Waals surface area contributed by atoms with Crippen LogP contribution in [0.2, 0.25) is 0 Å². The lowest BCUT2D eigenvalue weighted by Gasteiger charge is -2.18. The third-order valence-electron chi connectivity index (χ3n) is 4.40. The molecular formula is C22H23NO7S. The van der Waals surface area contributed by atoms with Gasteiger partial charge >= 0.3 is 11.9 Å². The molecule has 0 radical (unpaired) electrons. The fourth-order valence-corrected chi connectivity index (χ4v) is 3.41. The highest BCUT2D eigenvalue weighted by Gasteiger charge is 2.38. The normalized spacial score (nSPS) is 10.4. The van der Waals surface area contributed by atoms with Gasteiger partial charge in [-0.1, -0.05) is 30.0 Å². The summed E-state index contributed by atoms with van der Waals surface area (Å²) in [6.07, 6.45) is 0. The first-order valence-electron chi connectivity index (χ1n) is 9.16. The molecule has 0 fully saturated rings. The summed E-state index contributed by atoms with van der Waals surface area (Å²) >= 11 is 0.748. The summed E-state index contributed by atoms with van der Waals surface area (Å²) in [4.78, 5) is 50.4. The van der Waals surface area contributed by atoms with Crippen molar-refractivity contribution < 1.29 is 33.4 Å². The standard InChI is InChI=1S/C22H23NO7S/c1-23(2)17-8-6-5-7-14(17)12-30-15-9-10-18(31-13-24)16(11-15)20(25)19(21(26)28-3)22(27)29-4/h5-11,13,19H,12H2,1-4H3. The van der Waals surface area contributed by atoms with Gasteiger partial charge in [-0.25, -0.2) is 0 Å². The molecule has 0 aliphatic rings. The van der Waals surface area contributed by atoms with Crippen LogP contribution in [0.5, 0.6) is 5.75 Å². The first-order chi connectivity index (χ1) is 14.8. The Morgan fingerprint density at radius 3 is 2.26 bits per heavy atom. The van der Waals surface area contributed by atoms with Crippen molar-refractivity contribution in [2.24, 2.45) is 5.92 Å². The molecule has 2 aromatic carbocycles. The quantitative estimate of drug-likeness (QED) is 0.180. The fraction of sp³-hybridized carbons (Fsp3) is 0.273. The largest absolute Gasteiger partial charge is 0.489 e. The minimum atomic E-state index is -1.80. The monoisotopic (exact) mass is 445 g/mol. The van der Waals surface area contributed by atoms with E-state index in [0.29, 0.717) is 11.4 Å². The molecule has 8 nitrogen and oxygen atoms in total. The molecule has 0 N–H and O–H groups in total. The molecule has 0 saturated carbocycles. The van der Waals surface area contributed by atoms with Crippen molar-refractivity contribution >= 4 is 40.8 Å². The van der Waals surface area contributed by atoms with Gasteiger partial charge in [-0.05, 0) is 24.3 Å². The van der Waals surface area contributed by atoms with Crippen LogP contribution in [-0.4, -0.2) is 51.7 Å². The second-order valence-corrected chi connectivity index (χ2v) is 7.40. The number of esters is 2. The van der Waals surface area contributed by atoms with Gasteiger partial charge in [0.1, 0.15) is 12.4 Å². The summed E-state index contributed by atoms with van der Waals surface area (Å²) in [6, 6.07) is 12.2. The highest BCUT2D eigenvalue weighted by molar-refractivity contribution is 8.12. The Morgan fingerprint density at radius 2 is 1.68 bits per heavy atom. The summed E-state index contributed by atoms with van der Waals surface area (Å²) in [7, 11) is 5.96. The minimum absolute atomic E-state index is 0.0173. The van der Waals surface area contributed by atoms with E-state index in [2.05, 4.69) is 9.47 Å². The van der Waals surface area contributed by atoms with Crippen molar-refractivity contribution in [3.8, 4) is 5.75 Å². The Labute approximate surface area is 184 Å². The molecule has 0 bridgehead atoms. The van der Waals surface area contributed by atoms with E-state index in [1.165, 1.54) is 12.1 Å². The van der Waals surface area contributed by atoms with Gasteiger partial charge in [-0.3, -0.25) is 19.2 Å². The van der Waals surface area contributed by atoms with E-state index in [9.17, 15) is 19.2 Å². The Bertz CT molecular complexity index is 958. The predicted molar refractivity (Wildman–Crippen MR) is 116 cm³/mol. The fourth-order valence-electron chi connectivity index (χ4n) is 2.88. The number of rotatable bonds is 10. The highest BCUT2D eigenvalue weighted by atomic mass is 32.2. The molecule has 0 saturated heterocycles. The second kappa shape index (κ2) is 11.2. The topological polar surface area (TPSA) is 99.2 Å². The Hall–Kier alpha value is -3.33. The van der Waals surface area contributed by atoms with Crippen LogP contribution in [0, 0.1) is 5.92 Å². The SMILES string of the molecule is COC(=O)C(C(=O)OC)C(=O)c1cc(OCc2ccccc2N(C)C)ccc1SC=O. The van der Waals surface area contributed by atoms with E-state index in [-0.39, 0.29) is 17.1 Å². The number of thioether (sulfide) groups is 1. The molecule has 31 heavy (non-hydrogen) atoms. The van der Waals surface area contributed by atoms with Crippen molar-refractivity contribution in [3.05, 3.63) is 53.6 Å². The van der Waals surface area contributed by atoms with Gasteiger partial charge in [0.05, 0.1) is 14.2 Å². The lowest BCUT2D eigenvalue weighted by atomic mass is 9.97. The number of hydrogen-bond donors (Lipinski definition) is 0. The van der Waals surface area contributed by atoms with Crippen molar-refractivity contribution in [3.63, 3.8) is 0 Å². The lowest BCUT2D eigenvalue weighted by molar-refractivity contribution is -0.155. The summed E-state index contributed by atoms with van der Waals surface area (Å²) in [5.74, 6) is -4.41. The maximum Gasteiger partial charge on any atom is 0.328 e. The minimum Gasteiger partial charge on any atom is -0.489 e. The van der Waals surface area contributed by atoms with E-state index < -0.39 is 23.6 Å². The van der Waals surface area contributed by atoms with Crippen LogP contribution < -0.4 is 9.64 Å². The predicted octanol–water partition coefficient (Wildman–Crippen LogP) is 2.76. The molecule has 0 unspecified atom stereocenters. The number of carbonyl (C=O) groups excluding carboxylic acids is 4. The average molecular weight is 445 g/mol. The number of ketones is 1. The first kappa shape index (κ1) is 23.9. The number of ether oxygens (including phenoxy) is 3. The number of Topliss-reactive ketones (excluding diaryl/α,β-unsaturated/α-hetero) is 1. The molecule has 2 aromatic rings. The molecule has 0 heterocycles. The van der Waals surface area contributed by atoms with Gasteiger partial charge in [-0.15, -0.1) is 0 Å². The Kier molecular flexibility index (Phi) is 8.63. The number of anilines is 1. The molecule has 9 heteroatoms. The van der Waals surface area contributed by atoms with E-state index in [0.717, 1.165) is 37.2 Å². The number of para-hydroxylation sites is 1. The zero-order valence-corrected chi connectivity index (χ0v) is 18.4. The smallest absolute Gasteiger partial charge is 0.328 e. The van der Waals surface area contributed by atoms with Crippen molar-refractivity contribution in [2.45, 2.75) is 11.5 Å². The maximum absolute atomic E-state index is 13.0. The molecule has 164 valence electrons. The molecule has 0 aliphatic heterocycles. The average Bonchev–Trinajstić information content (AvgIpc) is 2.78. The summed E-state index contributed by atoms with van der Waals surface area (Å²) in [5, 5.41) is 0. The van der Waals surface area contributed by atoms with Crippen LogP contribution in [0.1, 0.15) is 15.9 Å². The molecule has 0 spiro atoms. The van der Waals surface area contributed by atoms with Gasteiger partial charge < -0.3 is 19.1 Å². The zero-order chi connectivity index (χ0) is 23.0. The van der Waals surface area contributed by atoms with E-state index in [1.807, 2.05) is 43.3 Å². The van der Waals surface area contributed by atoms with Crippen molar-refractivity contribution in [1.82, 2.24) is 0 Å². The molecule has 0 amide bonds. The van der Waals surface area contributed by atoms with E-state index in [4.69, 9.17) is 4.74 Å². The molecule has 0 aliphatic carbocycles. The summed E-state index contributed by atoms with van der Waals surface area (Å²) < 4.78 is 15.0. The maximum atomic E-state index is 13.0. The lowest BCUT2D eigenvalue weighted by Crippen LogP contribution is -2.34. The number of methoxy groups -OCH3 is 2. The van der Waals surface area contributed by atoms with E-state index in [1.54, 1.807) is 6.07 Å². The zero-order valence-electron chi connectivity index (χ0n) is 17.6. The van der Waals surface area contributed by atoms with E-state index >= 15 is 0 Å². The van der Waals surface area contributed by atoms with Gasteiger partial charge in [0.15, 0.2) is 11.4 Å². The Balaban J connectivity index is 2.38. The first-order valence-corrected chi connectivity index (χ1v) is 10.0. The molecule has 0 aromatic heterocycles. The Morgan fingerprint density at radius 1 is 1.03 bits per heavy atom. The van der Waals surface area contributed by atoms with Crippen LogP contribution in [0.3, 0.4) is 0 Å². The second-order valence-electron chi connectivity index (χ2n) is 6.53. The number of carbonyl (C=O) groups is 4.